The van der Waals surface area contributed by atoms with Crippen LogP contribution in [0.5, 0.6) is 0 Å². The number of nitrogens with zero attached hydrogens (tertiary/aromatic N) is 3. The van der Waals surface area contributed by atoms with Crippen LogP contribution < -0.4 is 0 Å². The first-order chi connectivity index (χ1) is 27.8. The summed E-state index contributed by atoms with van der Waals surface area (Å²) in [7, 11) is 0. The summed E-state index contributed by atoms with van der Waals surface area (Å²) in [6.07, 6.45) is 23.3. The number of hydrogen-bond donors (Lipinski definition) is 0. The second-order valence-electron chi connectivity index (χ2n) is 15.7. The van der Waals surface area contributed by atoms with Gasteiger partial charge < -0.3 is 9.13 Å². The van der Waals surface area contributed by atoms with Crippen LogP contribution in [0.2, 0.25) is 0 Å². The molecule has 4 atom stereocenters. The fraction of sp³-hybridized carbons (Fsp3) is 0.118. The van der Waals surface area contributed by atoms with E-state index in [0.717, 1.165) is 35.0 Å². The zero-order valence-electron chi connectivity index (χ0n) is 30.5. The molecule has 3 nitrogen and oxygen atoms in total. The summed E-state index contributed by atoms with van der Waals surface area (Å²) in [6, 6.07) is 40.5. The van der Waals surface area contributed by atoms with E-state index >= 15 is 0 Å². The zero-order chi connectivity index (χ0) is 36.5. The minimum Gasteiger partial charge on any atom is -0.313 e. The molecule has 0 bridgehead atoms. The van der Waals surface area contributed by atoms with Gasteiger partial charge in [0.25, 0.3) is 0 Å². The first-order valence-corrected chi connectivity index (χ1v) is 21.5. The highest BCUT2D eigenvalue weighted by atomic mass is 32.2. The van der Waals surface area contributed by atoms with E-state index in [9.17, 15) is 0 Å². The molecule has 9 aromatic rings. The molecule has 4 aliphatic rings. The Labute approximate surface area is 332 Å². The van der Waals surface area contributed by atoms with E-state index in [1.165, 1.54) is 75.7 Å². The van der Waals surface area contributed by atoms with E-state index < -0.39 is 0 Å². The van der Waals surface area contributed by atoms with E-state index in [2.05, 4.69) is 185 Å². The van der Waals surface area contributed by atoms with Gasteiger partial charge in [-0.15, -0.1) is 23.1 Å². The summed E-state index contributed by atoms with van der Waals surface area (Å²) in [6.45, 7) is 0. The number of pyridine rings is 1. The number of fused-ring (bicyclic) bond motifs is 15. The Hall–Kier alpha value is -5.88. The van der Waals surface area contributed by atoms with Crippen LogP contribution in [0.1, 0.15) is 34.2 Å². The van der Waals surface area contributed by atoms with Gasteiger partial charge in [-0.05, 0) is 78.6 Å². The standard InChI is InChI=1S/C51H35N3S2/c1-6-16-41-30(11-1)25-32(29-52-41)31-26-33(53-42-17-7-2-14-39(42)48-44(53)23-21-37-35-12-4-9-19-46(35)55-50(37)48)28-34(27-31)54-43-18-8-3-15-40(43)49-45(54)24-22-38-36-13-5-10-20-47(36)56-51(38)49/h1-7,9-17,19-29,36,38,47,51H,8,18H2. The third-order valence-electron chi connectivity index (χ3n) is 12.7. The minimum atomic E-state index is 0.434. The quantitative estimate of drug-likeness (QED) is 0.179. The molecule has 5 heterocycles. The lowest BCUT2D eigenvalue weighted by Gasteiger charge is -2.25. The SMILES string of the molecule is C1=CC2SC3c4c5c(n(-c6cc(-c7cnc8ccccc8c7)cc(-n7c8ccccc8c8c9sc%10ccccc%10c9ccc87)c6)c4C=CC3C2C=C1)CCC=C5. The lowest BCUT2D eigenvalue weighted by atomic mass is 9.79. The van der Waals surface area contributed by atoms with Crippen molar-refractivity contribution in [1.29, 1.82) is 0 Å². The van der Waals surface area contributed by atoms with E-state index in [1.54, 1.807) is 0 Å². The number of rotatable bonds is 3. The molecular weight excluding hydrogens is 719 g/mol. The van der Waals surface area contributed by atoms with Gasteiger partial charge >= 0.3 is 0 Å². The molecule has 0 amide bonds. The Bertz CT molecular complexity index is 3270. The molecule has 3 aliphatic carbocycles. The average Bonchev–Trinajstić information content (AvgIpc) is 4.00. The smallest absolute Gasteiger partial charge is 0.0702 e. The van der Waals surface area contributed by atoms with Crippen LogP contribution >= 0.6 is 23.1 Å². The molecule has 4 unspecified atom stereocenters. The van der Waals surface area contributed by atoms with Gasteiger partial charge in [-0.2, -0.15) is 0 Å². The number of thiophene rings is 1. The van der Waals surface area contributed by atoms with Gasteiger partial charge in [0, 0.05) is 93.1 Å². The highest BCUT2D eigenvalue weighted by Gasteiger charge is 2.46. The van der Waals surface area contributed by atoms with Gasteiger partial charge in [-0.1, -0.05) is 103 Å². The average molecular weight is 754 g/mol. The maximum absolute atomic E-state index is 4.96. The molecule has 56 heavy (non-hydrogen) atoms. The largest absolute Gasteiger partial charge is 0.313 e. The van der Waals surface area contributed by atoms with Crippen LogP contribution in [-0.4, -0.2) is 19.4 Å². The molecule has 1 aliphatic heterocycles. The second-order valence-corrected chi connectivity index (χ2v) is 18.1. The molecule has 5 aromatic carbocycles. The molecule has 1 fully saturated rings. The number of hydrogen-bond acceptors (Lipinski definition) is 3. The van der Waals surface area contributed by atoms with Gasteiger partial charge in [0.15, 0.2) is 0 Å². The summed E-state index contributed by atoms with van der Waals surface area (Å²) >= 11 is 4.07. The number of benzene rings is 5. The molecule has 0 N–H and O–H groups in total. The Kier molecular flexibility index (Phi) is 6.61. The topological polar surface area (TPSA) is 22.8 Å². The van der Waals surface area contributed by atoms with Crippen LogP contribution in [0.3, 0.4) is 0 Å². The highest BCUT2D eigenvalue weighted by Crippen LogP contribution is 2.59. The molecule has 266 valence electrons. The van der Waals surface area contributed by atoms with E-state index in [4.69, 9.17) is 4.98 Å². The summed E-state index contributed by atoms with van der Waals surface area (Å²) < 4.78 is 7.82. The van der Waals surface area contributed by atoms with Crippen molar-refractivity contribution >= 4 is 88.1 Å². The van der Waals surface area contributed by atoms with E-state index in [-0.39, 0.29) is 0 Å². The lowest BCUT2D eigenvalue weighted by Crippen LogP contribution is -2.18. The van der Waals surface area contributed by atoms with Gasteiger partial charge in [-0.3, -0.25) is 4.98 Å². The van der Waals surface area contributed by atoms with Gasteiger partial charge in [0.1, 0.15) is 0 Å². The van der Waals surface area contributed by atoms with Crippen molar-refractivity contribution in [2.45, 2.75) is 23.3 Å². The fourth-order valence-electron chi connectivity index (χ4n) is 10.3. The Balaban J connectivity index is 1.10. The predicted molar refractivity (Wildman–Crippen MR) is 240 cm³/mol. The molecule has 0 radical (unpaired) electrons. The normalized spacial score (nSPS) is 20.7. The second kappa shape index (κ2) is 11.8. The Morgan fingerprint density at radius 2 is 1.50 bits per heavy atom. The van der Waals surface area contributed by atoms with Crippen LogP contribution in [0.15, 0.2) is 152 Å². The van der Waals surface area contributed by atoms with E-state index in [0.29, 0.717) is 22.3 Å². The number of thioether (sulfide) groups is 1. The van der Waals surface area contributed by atoms with Gasteiger partial charge in [0.05, 0.1) is 22.2 Å². The van der Waals surface area contributed by atoms with Crippen molar-refractivity contribution in [3.8, 4) is 22.5 Å². The molecule has 13 rings (SSSR count). The highest BCUT2D eigenvalue weighted by molar-refractivity contribution is 8.00. The third-order valence-corrected chi connectivity index (χ3v) is 15.6. The third kappa shape index (κ3) is 4.38. The van der Waals surface area contributed by atoms with E-state index in [1.807, 2.05) is 11.3 Å². The van der Waals surface area contributed by atoms with Crippen molar-refractivity contribution in [1.82, 2.24) is 14.1 Å². The summed E-state index contributed by atoms with van der Waals surface area (Å²) in [5, 5.41) is 7.39. The predicted octanol–water partition coefficient (Wildman–Crippen LogP) is 13.7. The zero-order valence-corrected chi connectivity index (χ0v) is 32.1. The number of allylic oxidation sites excluding steroid dienone is 5. The summed E-state index contributed by atoms with van der Waals surface area (Å²) in [5.74, 6) is 1.05. The van der Waals surface area contributed by atoms with Crippen LogP contribution in [0, 0.1) is 11.8 Å². The van der Waals surface area contributed by atoms with Crippen molar-refractivity contribution in [2.24, 2.45) is 11.8 Å². The molecule has 4 aromatic heterocycles. The molecular formula is C51H35N3S2. The van der Waals surface area contributed by atoms with Crippen molar-refractivity contribution in [3.63, 3.8) is 0 Å². The lowest BCUT2D eigenvalue weighted by molar-refractivity contribution is 0.505. The number of para-hydroxylation sites is 2. The Morgan fingerprint density at radius 1 is 0.661 bits per heavy atom. The van der Waals surface area contributed by atoms with Gasteiger partial charge in [-0.25, -0.2) is 0 Å². The maximum atomic E-state index is 4.96. The first-order valence-electron chi connectivity index (χ1n) is 19.7. The van der Waals surface area contributed by atoms with Crippen LogP contribution in [0.25, 0.3) is 87.5 Å². The van der Waals surface area contributed by atoms with Crippen molar-refractivity contribution < 1.29 is 0 Å². The summed E-state index contributed by atoms with van der Waals surface area (Å²) in [5.41, 5.74) is 13.9. The van der Waals surface area contributed by atoms with Gasteiger partial charge in [0.2, 0.25) is 0 Å². The fourth-order valence-corrected chi connectivity index (χ4v) is 13.4. The summed E-state index contributed by atoms with van der Waals surface area (Å²) in [4.78, 5) is 4.96. The Morgan fingerprint density at radius 3 is 2.46 bits per heavy atom. The molecule has 1 saturated heterocycles. The maximum Gasteiger partial charge on any atom is 0.0702 e. The van der Waals surface area contributed by atoms with Crippen molar-refractivity contribution in [2.75, 3.05) is 0 Å². The molecule has 0 spiro atoms. The number of aromatic nitrogens is 3. The molecule has 5 heteroatoms. The van der Waals surface area contributed by atoms with Crippen LogP contribution in [0.4, 0.5) is 0 Å². The first kappa shape index (κ1) is 31.3. The monoisotopic (exact) mass is 753 g/mol. The minimum absolute atomic E-state index is 0.434. The molecule has 0 saturated carbocycles. The van der Waals surface area contributed by atoms with Crippen LogP contribution in [-0.2, 0) is 6.42 Å². The van der Waals surface area contributed by atoms with Crippen molar-refractivity contribution in [3.05, 3.63) is 174 Å².